The van der Waals surface area contributed by atoms with Gasteiger partial charge in [-0.05, 0) is 25.0 Å². The highest BCUT2D eigenvalue weighted by atomic mass is 16.2. The fourth-order valence-corrected chi connectivity index (χ4v) is 3.20. The number of hydrogen-bond donors (Lipinski definition) is 2. The number of nitrogens with one attached hydrogen (secondary N) is 1. The first-order valence-electron chi connectivity index (χ1n) is 7.50. The highest BCUT2D eigenvalue weighted by Gasteiger charge is 2.27. The van der Waals surface area contributed by atoms with Gasteiger partial charge in [0.1, 0.15) is 5.69 Å². The molecule has 2 aromatic rings. The summed E-state index contributed by atoms with van der Waals surface area (Å²) in [6.07, 6.45) is 6.37. The lowest BCUT2D eigenvalue weighted by atomic mass is 10.2. The molecule has 1 heterocycles. The molecule has 0 aliphatic heterocycles. The van der Waals surface area contributed by atoms with Gasteiger partial charge in [-0.25, -0.2) is 0 Å². The van der Waals surface area contributed by atoms with E-state index in [1.54, 1.807) is 6.08 Å². The number of carbonyl (C=O) groups excluding carboxylic acids is 1. The largest absolute Gasteiger partial charge is 0.397 e. The van der Waals surface area contributed by atoms with Gasteiger partial charge in [-0.15, -0.1) is 6.58 Å². The Kier molecular flexibility index (Phi) is 3.69. The monoisotopic (exact) mass is 283 g/mol. The second kappa shape index (κ2) is 5.64. The molecule has 21 heavy (non-hydrogen) atoms. The Morgan fingerprint density at radius 3 is 2.86 bits per heavy atom. The van der Waals surface area contributed by atoms with Gasteiger partial charge in [0.25, 0.3) is 5.91 Å². The number of carbonyl (C=O) groups is 1. The van der Waals surface area contributed by atoms with Gasteiger partial charge in [0.15, 0.2) is 0 Å². The minimum Gasteiger partial charge on any atom is -0.397 e. The molecule has 3 rings (SSSR count). The summed E-state index contributed by atoms with van der Waals surface area (Å²) < 4.78 is 0. The molecule has 0 atom stereocenters. The Morgan fingerprint density at radius 2 is 2.19 bits per heavy atom. The minimum atomic E-state index is 0.0393. The zero-order valence-corrected chi connectivity index (χ0v) is 12.1. The molecule has 1 amide bonds. The van der Waals surface area contributed by atoms with Crippen molar-refractivity contribution in [2.24, 2.45) is 0 Å². The Labute approximate surface area is 124 Å². The van der Waals surface area contributed by atoms with Gasteiger partial charge in [0.2, 0.25) is 0 Å². The van der Waals surface area contributed by atoms with Crippen LogP contribution in [0.5, 0.6) is 0 Å². The standard InChI is InChI=1S/C17H21N3O/c1-2-10-20(13-7-3-4-8-13)17(21)15-11-12-6-5-9-14(18)16(12)19-15/h2,5-6,9,11,13,19H,1,3-4,7-8,10,18H2. The van der Waals surface area contributed by atoms with Crippen molar-refractivity contribution in [1.29, 1.82) is 0 Å². The Bertz CT molecular complexity index is 668. The quantitative estimate of drug-likeness (QED) is 0.668. The summed E-state index contributed by atoms with van der Waals surface area (Å²) in [6, 6.07) is 7.93. The number of nitrogens with zero attached hydrogens (tertiary/aromatic N) is 1. The predicted molar refractivity (Wildman–Crippen MR) is 86.2 cm³/mol. The number of aromatic nitrogens is 1. The molecular formula is C17H21N3O. The second-order valence-electron chi connectivity index (χ2n) is 5.68. The number of benzene rings is 1. The fraction of sp³-hybridized carbons (Fsp3) is 0.353. The summed E-state index contributed by atoms with van der Waals surface area (Å²) in [6.45, 7) is 4.37. The number of H-pyrrole nitrogens is 1. The number of anilines is 1. The summed E-state index contributed by atoms with van der Waals surface area (Å²) >= 11 is 0. The number of fused-ring (bicyclic) bond motifs is 1. The molecule has 4 heteroatoms. The van der Waals surface area contributed by atoms with Crippen molar-refractivity contribution in [3.8, 4) is 0 Å². The second-order valence-corrected chi connectivity index (χ2v) is 5.68. The summed E-state index contributed by atoms with van der Waals surface area (Å²) in [7, 11) is 0. The van der Waals surface area contributed by atoms with Crippen molar-refractivity contribution in [2.75, 3.05) is 12.3 Å². The van der Waals surface area contributed by atoms with Gasteiger partial charge in [0, 0.05) is 18.0 Å². The molecule has 1 aliphatic carbocycles. The van der Waals surface area contributed by atoms with Crippen LogP contribution in [0.15, 0.2) is 36.9 Å². The molecule has 1 fully saturated rings. The number of rotatable bonds is 4. The van der Waals surface area contributed by atoms with Crippen LogP contribution in [0.3, 0.4) is 0 Å². The van der Waals surface area contributed by atoms with Crippen LogP contribution in [0.4, 0.5) is 5.69 Å². The third kappa shape index (κ3) is 2.53. The van der Waals surface area contributed by atoms with Crippen LogP contribution in [0.1, 0.15) is 36.2 Å². The highest BCUT2D eigenvalue weighted by Crippen LogP contribution is 2.26. The van der Waals surface area contributed by atoms with Gasteiger partial charge in [-0.1, -0.05) is 31.1 Å². The lowest BCUT2D eigenvalue weighted by molar-refractivity contribution is 0.0701. The van der Waals surface area contributed by atoms with Crippen LogP contribution in [-0.2, 0) is 0 Å². The van der Waals surface area contributed by atoms with Gasteiger partial charge >= 0.3 is 0 Å². The molecule has 1 saturated carbocycles. The molecular weight excluding hydrogens is 262 g/mol. The first-order valence-corrected chi connectivity index (χ1v) is 7.50. The van der Waals surface area contributed by atoms with Gasteiger partial charge in [-0.2, -0.15) is 0 Å². The molecule has 1 aliphatic rings. The maximum atomic E-state index is 12.8. The van der Waals surface area contributed by atoms with Crippen LogP contribution in [0.25, 0.3) is 10.9 Å². The predicted octanol–water partition coefficient (Wildman–Crippen LogP) is 3.32. The lowest BCUT2D eigenvalue weighted by Gasteiger charge is -2.27. The highest BCUT2D eigenvalue weighted by molar-refractivity contribution is 6.01. The molecule has 0 radical (unpaired) electrons. The Balaban J connectivity index is 1.93. The number of aromatic amines is 1. The Hall–Kier alpha value is -2.23. The molecule has 110 valence electrons. The molecule has 3 N–H and O–H groups in total. The SMILES string of the molecule is C=CCN(C(=O)c1cc2cccc(N)c2[nH]1)C1CCCC1. The van der Waals surface area contributed by atoms with E-state index >= 15 is 0 Å². The third-order valence-corrected chi connectivity index (χ3v) is 4.27. The van der Waals surface area contributed by atoms with Crippen molar-refractivity contribution in [2.45, 2.75) is 31.7 Å². The van der Waals surface area contributed by atoms with Crippen molar-refractivity contribution < 1.29 is 4.79 Å². The molecule has 1 aromatic heterocycles. The van der Waals surface area contributed by atoms with Crippen LogP contribution in [0.2, 0.25) is 0 Å². The van der Waals surface area contributed by atoms with Crippen molar-refractivity contribution in [1.82, 2.24) is 9.88 Å². The van der Waals surface area contributed by atoms with E-state index in [0.29, 0.717) is 24.0 Å². The first-order chi connectivity index (χ1) is 10.2. The summed E-state index contributed by atoms with van der Waals surface area (Å²) in [4.78, 5) is 17.9. The maximum absolute atomic E-state index is 12.8. The number of hydrogen-bond acceptors (Lipinski definition) is 2. The zero-order chi connectivity index (χ0) is 14.8. The van der Waals surface area contributed by atoms with Gasteiger partial charge in [-0.3, -0.25) is 4.79 Å². The molecule has 0 spiro atoms. The summed E-state index contributed by atoms with van der Waals surface area (Å²) in [5, 5.41) is 0.975. The van der Waals surface area contributed by atoms with E-state index in [1.165, 1.54) is 12.8 Å². The summed E-state index contributed by atoms with van der Waals surface area (Å²) in [5.41, 5.74) is 8.07. The van der Waals surface area contributed by atoms with Gasteiger partial charge < -0.3 is 15.6 Å². The minimum absolute atomic E-state index is 0.0393. The number of nitrogens with two attached hydrogens (primary N) is 1. The number of amides is 1. The maximum Gasteiger partial charge on any atom is 0.270 e. The average Bonchev–Trinajstić information content (AvgIpc) is 3.13. The van der Waals surface area contributed by atoms with Crippen molar-refractivity contribution >= 4 is 22.5 Å². The third-order valence-electron chi connectivity index (χ3n) is 4.27. The lowest BCUT2D eigenvalue weighted by Crippen LogP contribution is -2.39. The Morgan fingerprint density at radius 1 is 1.43 bits per heavy atom. The van der Waals surface area contributed by atoms with E-state index in [-0.39, 0.29) is 5.91 Å². The van der Waals surface area contributed by atoms with Crippen LogP contribution in [-0.4, -0.2) is 28.4 Å². The smallest absolute Gasteiger partial charge is 0.270 e. The van der Waals surface area contributed by atoms with Crippen LogP contribution >= 0.6 is 0 Å². The molecule has 0 saturated heterocycles. The van der Waals surface area contributed by atoms with Crippen molar-refractivity contribution in [3.05, 3.63) is 42.6 Å². The first kappa shape index (κ1) is 13.7. The topological polar surface area (TPSA) is 62.1 Å². The molecule has 1 aromatic carbocycles. The van der Waals surface area contributed by atoms with Crippen LogP contribution < -0.4 is 5.73 Å². The summed E-state index contributed by atoms with van der Waals surface area (Å²) in [5.74, 6) is 0.0393. The van der Waals surface area contributed by atoms with Crippen molar-refractivity contribution in [3.63, 3.8) is 0 Å². The van der Waals surface area contributed by atoms with Crippen LogP contribution in [0, 0.1) is 0 Å². The zero-order valence-electron chi connectivity index (χ0n) is 12.1. The van der Waals surface area contributed by atoms with Gasteiger partial charge in [0.05, 0.1) is 11.2 Å². The van der Waals surface area contributed by atoms with E-state index in [9.17, 15) is 4.79 Å². The molecule has 4 nitrogen and oxygen atoms in total. The van der Waals surface area contributed by atoms with E-state index in [4.69, 9.17) is 5.73 Å². The number of nitrogen functional groups attached to an aromatic ring is 1. The fourth-order valence-electron chi connectivity index (χ4n) is 3.20. The number of para-hydroxylation sites is 1. The average molecular weight is 283 g/mol. The van der Waals surface area contributed by atoms with E-state index in [1.807, 2.05) is 29.2 Å². The van der Waals surface area contributed by atoms with E-state index in [0.717, 1.165) is 23.7 Å². The normalized spacial score (nSPS) is 15.4. The van der Waals surface area contributed by atoms with E-state index < -0.39 is 0 Å². The molecule has 0 unspecified atom stereocenters. The van der Waals surface area contributed by atoms with E-state index in [2.05, 4.69) is 11.6 Å². The molecule has 0 bridgehead atoms.